The number of aliphatic hydroxyl groups excluding tert-OH is 2. The van der Waals surface area contributed by atoms with E-state index in [-0.39, 0.29) is 42.5 Å². The van der Waals surface area contributed by atoms with Crippen LogP contribution in [0.15, 0.2) is 109 Å². The van der Waals surface area contributed by atoms with E-state index in [1.807, 2.05) is 77.7 Å². The summed E-state index contributed by atoms with van der Waals surface area (Å²) >= 11 is 0. The number of rotatable bonds is 12. The van der Waals surface area contributed by atoms with Gasteiger partial charge in [-0.2, -0.15) is 0 Å². The Morgan fingerprint density at radius 2 is 1.46 bits per heavy atom. The summed E-state index contributed by atoms with van der Waals surface area (Å²) in [6.07, 6.45) is 1.32. The second kappa shape index (κ2) is 14.3. The van der Waals surface area contributed by atoms with Gasteiger partial charge in [-0.3, -0.25) is 9.59 Å². The molecule has 0 radical (unpaired) electrons. The van der Waals surface area contributed by atoms with E-state index in [1.54, 1.807) is 24.3 Å². The zero-order valence-electron chi connectivity index (χ0n) is 25.9. The molecule has 7 heteroatoms. The molecule has 6 atom stereocenters. The molecule has 0 saturated carbocycles. The first kappa shape index (κ1) is 31.5. The number of β-amino-alcohol motifs (C(OH)–C–C–N with tert-alkyl or cyclic N) is 1. The predicted octanol–water partition coefficient (Wildman–Crippen LogP) is 4.78. The van der Waals surface area contributed by atoms with E-state index in [0.717, 1.165) is 27.8 Å². The quantitative estimate of drug-likeness (QED) is 0.183. The molecule has 4 aromatic rings. The Kier molecular flexibility index (Phi) is 9.81. The highest BCUT2D eigenvalue weighted by molar-refractivity contribution is 5.82. The van der Waals surface area contributed by atoms with Crippen molar-refractivity contribution in [3.05, 3.63) is 137 Å². The fourth-order valence-corrected chi connectivity index (χ4v) is 7.21. The number of hydrogen-bond donors (Lipinski definition) is 4. The number of aliphatic hydroxyl groups is 2. The molecule has 0 unspecified atom stereocenters. The number of benzene rings is 4. The maximum absolute atomic E-state index is 13.9. The van der Waals surface area contributed by atoms with Gasteiger partial charge in [-0.25, -0.2) is 0 Å². The standard InChI is InChI=1S/C39H42N2O5/c42-33-17-15-28(16-18-33)19-30(38(45)40-37-35-14-8-7-13-29(35)24-36(37)44)23-34(43)25-41-32(21-27-11-5-2-6-12-27)22-31(39(41)46)20-26-9-3-1-4-10-26/h1-18,30-32,34,36-37,42-44H,19-25H2,(H,40,45)/t30-,31+,32+,34+,36-,37+/m1/s1. The van der Waals surface area contributed by atoms with Crippen LogP contribution in [0.1, 0.15) is 46.7 Å². The molecule has 4 aromatic carbocycles. The Labute approximate surface area is 270 Å². The second-order valence-electron chi connectivity index (χ2n) is 12.9. The van der Waals surface area contributed by atoms with Crippen molar-refractivity contribution >= 4 is 11.8 Å². The molecule has 2 amide bonds. The summed E-state index contributed by atoms with van der Waals surface area (Å²) < 4.78 is 0. The SMILES string of the molecule is O=C(N[C@H]1c2ccccc2C[C@H]1O)[C@H](Cc1ccc(O)cc1)C[C@H](O)CN1C(=O)[C@@H](Cc2ccccc2)C[C@@H]1Cc1ccccc1. The summed E-state index contributed by atoms with van der Waals surface area (Å²) in [5, 5.41) is 35.2. The monoisotopic (exact) mass is 618 g/mol. The summed E-state index contributed by atoms with van der Waals surface area (Å²) in [7, 11) is 0. The Morgan fingerprint density at radius 3 is 2.15 bits per heavy atom. The van der Waals surface area contributed by atoms with E-state index in [4.69, 9.17) is 0 Å². The molecule has 1 aliphatic carbocycles. The molecule has 2 aliphatic rings. The Hall–Kier alpha value is -4.46. The van der Waals surface area contributed by atoms with E-state index in [0.29, 0.717) is 32.1 Å². The lowest BCUT2D eigenvalue weighted by Gasteiger charge is -2.29. The molecule has 1 saturated heterocycles. The van der Waals surface area contributed by atoms with Crippen LogP contribution in [0.2, 0.25) is 0 Å². The van der Waals surface area contributed by atoms with Crippen LogP contribution in [-0.2, 0) is 35.3 Å². The molecule has 1 aliphatic heterocycles. The highest BCUT2D eigenvalue weighted by Gasteiger charge is 2.41. The number of likely N-dealkylation sites (tertiary alicyclic amines) is 1. The number of aromatic hydroxyl groups is 1. The van der Waals surface area contributed by atoms with E-state index in [1.165, 1.54) is 0 Å². The van der Waals surface area contributed by atoms with Gasteiger partial charge in [0, 0.05) is 30.8 Å². The largest absolute Gasteiger partial charge is 0.508 e. The summed E-state index contributed by atoms with van der Waals surface area (Å²) in [5.74, 6) is -0.886. The van der Waals surface area contributed by atoms with Crippen LogP contribution < -0.4 is 5.32 Å². The van der Waals surface area contributed by atoms with Gasteiger partial charge in [-0.1, -0.05) is 97.1 Å². The molecule has 0 spiro atoms. The second-order valence-corrected chi connectivity index (χ2v) is 12.9. The van der Waals surface area contributed by atoms with E-state index in [2.05, 4.69) is 17.4 Å². The Morgan fingerprint density at radius 1 is 0.826 bits per heavy atom. The predicted molar refractivity (Wildman–Crippen MR) is 177 cm³/mol. The van der Waals surface area contributed by atoms with Crippen molar-refractivity contribution in [2.75, 3.05) is 6.54 Å². The normalized spacial score (nSPS) is 22.0. The fraction of sp³-hybridized carbons (Fsp3) is 0.333. The molecule has 6 rings (SSSR count). The van der Waals surface area contributed by atoms with Crippen LogP contribution >= 0.6 is 0 Å². The van der Waals surface area contributed by atoms with E-state index < -0.39 is 24.2 Å². The number of phenols is 1. The minimum absolute atomic E-state index is 0.0362. The average molecular weight is 619 g/mol. The molecule has 0 aromatic heterocycles. The van der Waals surface area contributed by atoms with Gasteiger partial charge < -0.3 is 25.5 Å². The third kappa shape index (κ3) is 7.49. The number of fused-ring (bicyclic) bond motifs is 1. The molecule has 7 nitrogen and oxygen atoms in total. The molecular weight excluding hydrogens is 576 g/mol. The first-order valence-electron chi connectivity index (χ1n) is 16.2. The number of nitrogens with one attached hydrogen (secondary N) is 1. The molecule has 238 valence electrons. The third-order valence-electron chi connectivity index (χ3n) is 9.52. The van der Waals surface area contributed by atoms with Crippen LogP contribution in [0.25, 0.3) is 0 Å². The van der Waals surface area contributed by atoms with Crippen molar-refractivity contribution in [3.8, 4) is 5.75 Å². The van der Waals surface area contributed by atoms with Crippen molar-refractivity contribution in [1.29, 1.82) is 0 Å². The maximum Gasteiger partial charge on any atom is 0.226 e. The lowest BCUT2D eigenvalue weighted by Crippen LogP contribution is -2.43. The van der Waals surface area contributed by atoms with E-state index in [9.17, 15) is 24.9 Å². The zero-order chi connectivity index (χ0) is 32.0. The molecule has 46 heavy (non-hydrogen) atoms. The topological polar surface area (TPSA) is 110 Å². The van der Waals surface area contributed by atoms with Crippen LogP contribution in [0, 0.1) is 11.8 Å². The maximum atomic E-state index is 13.9. The average Bonchev–Trinajstić information content (AvgIpc) is 3.53. The minimum Gasteiger partial charge on any atom is -0.508 e. The summed E-state index contributed by atoms with van der Waals surface area (Å²) in [6, 6.07) is 34.0. The van der Waals surface area contributed by atoms with Crippen LogP contribution in [0.4, 0.5) is 0 Å². The molecular formula is C39H42N2O5. The molecule has 4 N–H and O–H groups in total. The number of nitrogens with zero attached hydrogens (tertiary/aromatic N) is 1. The molecule has 0 bridgehead atoms. The molecule has 1 fully saturated rings. The van der Waals surface area contributed by atoms with Gasteiger partial charge in [0.1, 0.15) is 5.75 Å². The summed E-state index contributed by atoms with van der Waals surface area (Å²) in [6.45, 7) is 0.135. The van der Waals surface area contributed by atoms with Crippen LogP contribution in [-0.4, -0.2) is 56.8 Å². The highest BCUT2D eigenvalue weighted by atomic mass is 16.3. The van der Waals surface area contributed by atoms with Crippen molar-refractivity contribution < 1.29 is 24.9 Å². The van der Waals surface area contributed by atoms with Crippen molar-refractivity contribution in [2.45, 2.75) is 62.8 Å². The van der Waals surface area contributed by atoms with Crippen molar-refractivity contribution in [3.63, 3.8) is 0 Å². The molecule has 1 heterocycles. The third-order valence-corrected chi connectivity index (χ3v) is 9.52. The fourth-order valence-electron chi connectivity index (χ4n) is 7.21. The number of hydrogen-bond acceptors (Lipinski definition) is 5. The van der Waals surface area contributed by atoms with Gasteiger partial charge in [-0.05, 0) is 72.1 Å². The number of carbonyl (C=O) groups excluding carboxylic acids is 2. The summed E-state index contributed by atoms with van der Waals surface area (Å²) in [4.78, 5) is 29.5. The van der Waals surface area contributed by atoms with Gasteiger partial charge in [0.2, 0.25) is 11.8 Å². The first-order valence-corrected chi connectivity index (χ1v) is 16.2. The summed E-state index contributed by atoms with van der Waals surface area (Å²) in [5.41, 5.74) is 5.02. The highest BCUT2D eigenvalue weighted by Crippen LogP contribution is 2.33. The Balaban J connectivity index is 1.19. The lowest BCUT2D eigenvalue weighted by molar-refractivity contribution is -0.133. The Bertz CT molecular complexity index is 1610. The smallest absolute Gasteiger partial charge is 0.226 e. The van der Waals surface area contributed by atoms with Gasteiger partial charge in [-0.15, -0.1) is 0 Å². The van der Waals surface area contributed by atoms with Crippen molar-refractivity contribution in [2.24, 2.45) is 11.8 Å². The minimum atomic E-state index is -0.939. The van der Waals surface area contributed by atoms with Gasteiger partial charge in [0.25, 0.3) is 0 Å². The van der Waals surface area contributed by atoms with E-state index >= 15 is 0 Å². The van der Waals surface area contributed by atoms with Gasteiger partial charge in [0.15, 0.2) is 0 Å². The number of phenolic OH excluding ortho intramolecular Hbond substituents is 1. The first-order chi connectivity index (χ1) is 22.3. The number of amides is 2. The van der Waals surface area contributed by atoms with Gasteiger partial charge >= 0.3 is 0 Å². The zero-order valence-corrected chi connectivity index (χ0v) is 25.9. The lowest BCUT2D eigenvalue weighted by atomic mass is 9.91. The van der Waals surface area contributed by atoms with Crippen LogP contribution in [0.3, 0.4) is 0 Å². The number of carbonyl (C=O) groups is 2. The van der Waals surface area contributed by atoms with Gasteiger partial charge in [0.05, 0.1) is 18.2 Å². The van der Waals surface area contributed by atoms with Crippen LogP contribution in [0.5, 0.6) is 5.75 Å². The van der Waals surface area contributed by atoms with Crippen molar-refractivity contribution in [1.82, 2.24) is 10.2 Å².